The molecule has 1 fully saturated rings. The van der Waals surface area contributed by atoms with Crippen molar-refractivity contribution in [1.29, 1.82) is 0 Å². The first-order valence-corrected chi connectivity index (χ1v) is 8.02. The maximum atomic E-state index is 11.6. The van der Waals surface area contributed by atoms with E-state index in [4.69, 9.17) is 4.74 Å². The van der Waals surface area contributed by atoms with Gasteiger partial charge in [0.05, 0.1) is 27.9 Å². The highest BCUT2D eigenvalue weighted by atomic mass is 32.2. The summed E-state index contributed by atoms with van der Waals surface area (Å²) in [5.41, 5.74) is 2.05. The van der Waals surface area contributed by atoms with Gasteiger partial charge in [0, 0.05) is 6.26 Å². The average Bonchev–Trinajstić information content (AvgIpc) is 2.67. The number of aromatic hydroxyl groups is 1. The Hall–Kier alpha value is -0.870. The molecule has 0 saturated heterocycles. The fourth-order valence-corrected chi connectivity index (χ4v) is 3.85. The van der Waals surface area contributed by atoms with Gasteiger partial charge in [0.15, 0.2) is 0 Å². The highest BCUT2D eigenvalue weighted by Gasteiger charge is 2.41. The van der Waals surface area contributed by atoms with Crippen LogP contribution in [0.15, 0.2) is 17.0 Å². The zero-order chi connectivity index (χ0) is 12.8. The van der Waals surface area contributed by atoms with Crippen LogP contribution in [0.1, 0.15) is 43.2 Å². The molecule has 1 spiro atoms. The number of phenolic OH excluding ortho intramolecular Hbond substituents is 1. The van der Waals surface area contributed by atoms with E-state index in [1.54, 1.807) is 12.3 Å². The van der Waals surface area contributed by atoms with E-state index in [-0.39, 0.29) is 11.4 Å². The van der Waals surface area contributed by atoms with Crippen molar-refractivity contribution in [1.82, 2.24) is 0 Å². The van der Waals surface area contributed by atoms with Gasteiger partial charge in [0.2, 0.25) is 0 Å². The number of ether oxygens (including phenoxy) is 1. The van der Waals surface area contributed by atoms with Gasteiger partial charge in [-0.25, -0.2) is 0 Å². The van der Waals surface area contributed by atoms with Gasteiger partial charge in [-0.2, -0.15) is 0 Å². The highest BCUT2D eigenvalue weighted by molar-refractivity contribution is 7.84. The fraction of sp³-hybridized carbons (Fsp3) is 0.571. The lowest BCUT2D eigenvalue weighted by Gasteiger charge is -2.33. The van der Waals surface area contributed by atoms with Crippen LogP contribution in [-0.4, -0.2) is 15.6 Å². The Morgan fingerprint density at radius 3 is 2.67 bits per heavy atom. The van der Waals surface area contributed by atoms with Gasteiger partial charge >= 0.3 is 0 Å². The van der Waals surface area contributed by atoms with Crippen molar-refractivity contribution < 1.29 is 14.1 Å². The Morgan fingerprint density at radius 1 is 1.28 bits per heavy atom. The third-order valence-electron chi connectivity index (χ3n) is 4.15. The van der Waals surface area contributed by atoms with Crippen molar-refractivity contribution >= 4 is 10.8 Å². The summed E-state index contributed by atoms with van der Waals surface area (Å²) in [7, 11) is -1.16. The molecule has 1 heterocycles. The highest BCUT2D eigenvalue weighted by Crippen LogP contribution is 2.48. The summed E-state index contributed by atoms with van der Waals surface area (Å²) in [5.74, 6) is 0.131. The van der Waals surface area contributed by atoms with E-state index in [9.17, 15) is 9.32 Å². The van der Waals surface area contributed by atoms with E-state index in [1.165, 1.54) is 19.3 Å². The topological polar surface area (TPSA) is 46.5 Å². The number of benzene rings is 1. The third-order valence-corrected chi connectivity index (χ3v) is 5.10. The van der Waals surface area contributed by atoms with E-state index in [0.29, 0.717) is 11.5 Å². The smallest absolute Gasteiger partial charge is 0.132 e. The maximum Gasteiger partial charge on any atom is 0.132 e. The van der Waals surface area contributed by atoms with E-state index in [1.807, 2.05) is 6.07 Å². The second-order valence-corrected chi connectivity index (χ2v) is 6.62. The number of fused-ring (bicyclic) bond motifs is 2. The van der Waals surface area contributed by atoms with Gasteiger partial charge in [-0.3, -0.25) is 4.21 Å². The Labute approximate surface area is 110 Å². The van der Waals surface area contributed by atoms with Crippen LogP contribution in [0.2, 0.25) is 0 Å². The predicted octanol–water partition coefficient (Wildman–Crippen LogP) is 2.82. The second kappa shape index (κ2) is 4.35. The van der Waals surface area contributed by atoms with Gasteiger partial charge < -0.3 is 9.84 Å². The van der Waals surface area contributed by atoms with Gasteiger partial charge in [-0.15, -0.1) is 0 Å². The lowest BCUT2D eigenvalue weighted by atomic mass is 9.79. The van der Waals surface area contributed by atoms with Crippen molar-refractivity contribution in [2.24, 2.45) is 0 Å². The molecule has 3 nitrogen and oxygen atoms in total. The van der Waals surface area contributed by atoms with Gasteiger partial charge in [0.1, 0.15) is 5.75 Å². The summed E-state index contributed by atoms with van der Waals surface area (Å²) in [5, 5.41) is 9.88. The van der Waals surface area contributed by atoms with Crippen LogP contribution >= 0.6 is 0 Å². The number of hydrogen-bond donors (Lipinski definition) is 1. The van der Waals surface area contributed by atoms with Crippen LogP contribution < -0.4 is 0 Å². The standard InChI is InChI=1S/C14H18O3S/c1-18(16)13-8-11-10(7-12(13)15)9-17-14(11)5-3-2-4-6-14/h7-8,15H,2-6,9H2,1H3. The lowest BCUT2D eigenvalue weighted by Crippen LogP contribution is -2.28. The Morgan fingerprint density at radius 2 is 2.00 bits per heavy atom. The molecule has 0 amide bonds. The van der Waals surface area contributed by atoms with Crippen molar-refractivity contribution in [3.05, 3.63) is 23.3 Å². The minimum absolute atomic E-state index is 0.131. The molecule has 18 heavy (non-hydrogen) atoms. The van der Waals surface area contributed by atoms with Crippen molar-refractivity contribution in [2.75, 3.05) is 6.26 Å². The van der Waals surface area contributed by atoms with E-state index >= 15 is 0 Å². The van der Waals surface area contributed by atoms with Gasteiger partial charge in [-0.05, 0) is 36.1 Å². The molecule has 0 aromatic heterocycles. The van der Waals surface area contributed by atoms with E-state index in [2.05, 4.69) is 0 Å². The quantitative estimate of drug-likeness (QED) is 0.850. The monoisotopic (exact) mass is 266 g/mol. The Bertz CT molecular complexity index is 504. The number of rotatable bonds is 1. The first-order valence-electron chi connectivity index (χ1n) is 6.46. The third kappa shape index (κ3) is 1.79. The first-order chi connectivity index (χ1) is 8.62. The van der Waals surface area contributed by atoms with Crippen molar-refractivity contribution in [3.8, 4) is 5.75 Å². The van der Waals surface area contributed by atoms with Crippen LogP contribution in [0.5, 0.6) is 5.75 Å². The second-order valence-electron chi connectivity index (χ2n) is 5.27. The van der Waals surface area contributed by atoms with Crippen LogP contribution in [0.3, 0.4) is 0 Å². The van der Waals surface area contributed by atoms with Crippen molar-refractivity contribution in [3.63, 3.8) is 0 Å². The minimum atomic E-state index is -1.16. The van der Waals surface area contributed by atoms with Crippen molar-refractivity contribution in [2.45, 2.75) is 49.2 Å². The molecule has 1 aliphatic carbocycles. The molecule has 1 aromatic carbocycles. The molecule has 2 aliphatic rings. The number of phenols is 1. The molecule has 1 aromatic rings. The molecular weight excluding hydrogens is 248 g/mol. The molecule has 4 heteroatoms. The predicted molar refractivity (Wildman–Crippen MR) is 70.0 cm³/mol. The summed E-state index contributed by atoms with van der Waals surface area (Å²) in [6.07, 6.45) is 7.33. The average molecular weight is 266 g/mol. The van der Waals surface area contributed by atoms with Crippen LogP contribution in [0.25, 0.3) is 0 Å². The van der Waals surface area contributed by atoms with E-state index < -0.39 is 10.8 Å². The van der Waals surface area contributed by atoms with Crippen LogP contribution in [0, 0.1) is 0 Å². The molecule has 1 N–H and O–H groups in total. The minimum Gasteiger partial charge on any atom is -0.507 e. The maximum absolute atomic E-state index is 11.6. The Balaban J connectivity index is 2.09. The normalized spacial score (nSPS) is 22.9. The lowest BCUT2D eigenvalue weighted by molar-refractivity contribution is -0.0638. The molecular formula is C14H18O3S. The van der Waals surface area contributed by atoms with Crippen LogP contribution in [0.4, 0.5) is 0 Å². The summed E-state index contributed by atoms with van der Waals surface area (Å²) < 4.78 is 17.7. The molecule has 1 aliphatic heterocycles. The summed E-state index contributed by atoms with van der Waals surface area (Å²) in [6, 6.07) is 3.63. The molecule has 1 atom stereocenters. The number of hydrogen-bond acceptors (Lipinski definition) is 3. The summed E-state index contributed by atoms with van der Waals surface area (Å²) in [4.78, 5) is 0.532. The molecule has 3 rings (SSSR count). The SMILES string of the molecule is CS(=O)c1cc2c(cc1O)COC21CCCCC1. The summed E-state index contributed by atoms with van der Waals surface area (Å²) in [6.45, 7) is 0.569. The molecule has 1 saturated carbocycles. The largest absolute Gasteiger partial charge is 0.507 e. The van der Waals surface area contributed by atoms with Gasteiger partial charge in [0.25, 0.3) is 0 Å². The Kier molecular flexibility index (Phi) is 2.94. The molecule has 0 bridgehead atoms. The zero-order valence-corrected chi connectivity index (χ0v) is 11.4. The molecule has 1 unspecified atom stereocenters. The fourth-order valence-electron chi connectivity index (χ4n) is 3.22. The first kappa shape index (κ1) is 12.2. The molecule has 98 valence electrons. The van der Waals surface area contributed by atoms with E-state index in [0.717, 1.165) is 24.0 Å². The van der Waals surface area contributed by atoms with Crippen LogP contribution in [-0.2, 0) is 27.7 Å². The zero-order valence-electron chi connectivity index (χ0n) is 10.6. The van der Waals surface area contributed by atoms with Gasteiger partial charge in [-0.1, -0.05) is 19.3 Å². The molecule has 0 radical (unpaired) electrons. The summed E-state index contributed by atoms with van der Waals surface area (Å²) >= 11 is 0.